The number of rotatable bonds is 5. The van der Waals surface area contributed by atoms with Crippen molar-refractivity contribution in [3.63, 3.8) is 0 Å². The van der Waals surface area contributed by atoms with E-state index in [1.54, 1.807) is 54.6 Å². The maximum Gasteiger partial charge on any atom is 0.416 e. The van der Waals surface area contributed by atoms with Crippen LogP contribution in [-0.4, -0.2) is 17.7 Å². The number of hydrogen-bond donors (Lipinski definition) is 0. The van der Waals surface area contributed by atoms with Gasteiger partial charge in [-0.3, -0.25) is 4.79 Å². The number of carbonyl (C=O) groups excluding carboxylic acids is 1. The number of benzene rings is 3. The van der Waals surface area contributed by atoms with Gasteiger partial charge < -0.3 is 0 Å². The van der Waals surface area contributed by atoms with E-state index in [-0.39, 0.29) is 11.5 Å². The van der Waals surface area contributed by atoms with Gasteiger partial charge in [0.05, 0.1) is 11.8 Å². The Morgan fingerprint density at radius 1 is 0.750 bits per heavy atom. The predicted octanol–water partition coefficient (Wildman–Crippen LogP) is 5.41. The summed E-state index contributed by atoms with van der Waals surface area (Å²) in [5.41, 5.74) is 0.916. The molecule has 3 aromatic rings. The molecule has 0 aliphatic rings. The van der Waals surface area contributed by atoms with Crippen molar-refractivity contribution in [2.24, 2.45) is 10.2 Å². The van der Waals surface area contributed by atoms with Gasteiger partial charge in [-0.05, 0) is 17.7 Å². The first kappa shape index (κ1) is 19.2. The molecule has 0 heterocycles. The maximum atomic E-state index is 12.8. The van der Waals surface area contributed by atoms with Crippen LogP contribution in [0.25, 0.3) is 0 Å². The van der Waals surface area contributed by atoms with Gasteiger partial charge in [0.2, 0.25) is 5.78 Å². The molecule has 0 atom stereocenters. The molecule has 0 aliphatic heterocycles. The maximum absolute atomic E-state index is 12.8. The SMILES string of the molecule is O=C(C(=NN=Cc1ccc(C(F)(F)F)cc1)c1ccccc1)c1ccccc1. The van der Waals surface area contributed by atoms with Crippen LogP contribution in [0.1, 0.15) is 27.0 Å². The van der Waals surface area contributed by atoms with E-state index in [4.69, 9.17) is 0 Å². The number of alkyl halides is 3. The predicted molar refractivity (Wildman–Crippen MR) is 103 cm³/mol. The number of halogens is 3. The molecule has 0 N–H and O–H groups in total. The molecule has 28 heavy (non-hydrogen) atoms. The fraction of sp³-hybridized carbons (Fsp3) is 0.0455. The lowest BCUT2D eigenvalue weighted by Crippen LogP contribution is -2.15. The van der Waals surface area contributed by atoms with E-state index >= 15 is 0 Å². The summed E-state index contributed by atoms with van der Waals surface area (Å²) in [5.74, 6) is -0.295. The molecule has 0 aromatic heterocycles. The molecule has 0 saturated heterocycles. The van der Waals surface area contributed by atoms with Crippen LogP contribution in [0.2, 0.25) is 0 Å². The third-order valence-electron chi connectivity index (χ3n) is 3.90. The fourth-order valence-corrected chi connectivity index (χ4v) is 2.47. The third-order valence-corrected chi connectivity index (χ3v) is 3.90. The van der Waals surface area contributed by atoms with E-state index < -0.39 is 11.7 Å². The van der Waals surface area contributed by atoms with Crippen LogP contribution in [0.3, 0.4) is 0 Å². The highest BCUT2D eigenvalue weighted by molar-refractivity contribution is 6.51. The average molecular weight is 380 g/mol. The second-order valence-corrected chi connectivity index (χ2v) is 5.87. The molecular weight excluding hydrogens is 365 g/mol. The zero-order chi connectivity index (χ0) is 20.0. The number of nitrogens with zero attached hydrogens (tertiary/aromatic N) is 2. The lowest BCUT2D eigenvalue weighted by Gasteiger charge is -2.06. The van der Waals surface area contributed by atoms with Crippen molar-refractivity contribution < 1.29 is 18.0 Å². The van der Waals surface area contributed by atoms with Crippen molar-refractivity contribution in [2.75, 3.05) is 0 Å². The summed E-state index contributed by atoms with van der Waals surface area (Å²) in [6, 6.07) is 22.1. The first-order chi connectivity index (χ1) is 13.4. The molecule has 0 bridgehead atoms. The Balaban J connectivity index is 1.89. The molecule has 140 valence electrons. The van der Waals surface area contributed by atoms with Gasteiger partial charge in [0, 0.05) is 11.1 Å². The number of Topliss-reactive ketones (excluding diaryl/α,β-unsaturated/α-hetero) is 1. The first-order valence-corrected chi connectivity index (χ1v) is 8.38. The summed E-state index contributed by atoms with van der Waals surface area (Å²) in [4.78, 5) is 12.8. The minimum absolute atomic E-state index is 0.148. The van der Waals surface area contributed by atoms with E-state index in [0.29, 0.717) is 16.7 Å². The van der Waals surface area contributed by atoms with Crippen molar-refractivity contribution in [2.45, 2.75) is 6.18 Å². The minimum atomic E-state index is -4.39. The topological polar surface area (TPSA) is 41.8 Å². The molecule has 0 radical (unpaired) electrons. The Morgan fingerprint density at radius 3 is 1.82 bits per heavy atom. The molecule has 0 saturated carbocycles. The molecule has 3 aromatic carbocycles. The van der Waals surface area contributed by atoms with Crippen molar-refractivity contribution in [1.29, 1.82) is 0 Å². The smallest absolute Gasteiger partial charge is 0.287 e. The highest BCUT2D eigenvalue weighted by Crippen LogP contribution is 2.28. The number of carbonyl (C=O) groups is 1. The highest BCUT2D eigenvalue weighted by atomic mass is 19.4. The van der Waals surface area contributed by atoms with Gasteiger partial charge in [0.1, 0.15) is 5.71 Å². The first-order valence-electron chi connectivity index (χ1n) is 8.38. The molecule has 0 amide bonds. The molecule has 0 unspecified atom stereocenters. The van der Waals surface area contributed by atoms with Crippen LogP contribution in [0.15, 0.2) is 95.1 Å². The van der Waals surface area contributed by atoms with E-state index in [2.05, 4.69) is 10.2 Å². The van der Waals surface area contributed by atoms with Gasteiger partial charge in [-0.25, -0.2) is 0 Å². The Bertz CT molecular complexity index is 993. The molecule has 0 fully saturated rings. The van der Waals surface area contributed by atoms with E-state index in [9.17, 15) is 18.0 Å². The molecule has 6 heteroatoms. The molecule has 3 nitrogen and oxygen atoms in total. The van der Waals surface area contributed by atoms with Crippen LogP contribution >= 0.6 is 0 Å². The second kappa shape index (κ2) is 8.43. The van der Waals surface area contributed by atoms with Gasteiger partial charge in [-0.15, -0.1) is 5.10 Å². The van der Waals surface area contributed by atoms with Crippen molar-refractivity contribution in [3.8, 4) is 0 Å². The standard InChI is InChI=1S/C22H15F3N2O/c23-22(24,25)19-13-11-16(12-14-19)15-26-27-20(17-7-3-1-4-8-17)21(28)18-9-5-2-6-10-18/h1-15H. The Hall–Kier alpha value is -3.54. The van der Waals surface area contributed by atoms with Gasteiger partial charge in [-0.2, -0.15) is 18.3 Å². The molecule has 3 rings (SSSR count). The summed E-state index contributed by atoms with van der Waals surface area (Å²) in [6.45, 7) is 0. The Morgan fingerprint density at radius 2 is 1.29 bits per heavy atom. The van der Waals surface area contributed by atoms with Gasteiger partial charge >= 0.3 is 6.18 Å². The van der Waals surface area contributed by atoms with E-state index in [1.807, 2.05) is 6.07 Å². The zero-order valence-corrected chi connectivity index (χ0v) is 14.6. The molecule has 0 aliphatic carbocycles. The molecule has 0 spiro atoms. The summed E-state index contributed by atoms with van der Waals surface area (Å²) >= 11 is 0. The van der Waals surface area contributed by atoms with Crippen LogP contribution in [0, 0.1) is 0 Å². The van der Waals surface area contributed by atoms with Gasteiger partial charge in [-0.1, -0.05) is 72.8 Å². The fourth-order valence-electron chi connectivity index (χ4n) is 2.47. The van der Waals surface area contributed by atoms with Crippen LogP contribution in [0.4, 0.5) is 13.2 Å². The van der Waals surface area contributed by atoms with Crippen LogP contribution in [-0.2, 0) is 6.18 Å². The summed E-state index contributed by atoms with van der Waals surface area (Å²) in [7, 11) is 0. The summed E-state index contributed by atoms with van der Waals surface area (Å²) in [5, 5.41) is 7.97. The quantitative estimate of drug-likeness (QED) is 0.331. The lowest BCUT2D eigenvalue weighted by molar-refractivity contribution is -0.137. The summed E-state index contributed by atoms with van der Waals surface area (Å²) in [6.07, 6.45) is -3.09. The monoisotopic (exact) mass is 380 g/mol. The zero-order valence-electron chi connectivity index (χ0n) is 14.6. The second-order valence-electron chi connectivity index (χ2n) is 5.87. The normalized spacial score (nSPS) is 12.3. The van der Waals surface area contributed by atoms with Gasteiger partial charge in [0.15, 0.2) is 0 Å². The van der Waals surface area contributed by atoms with E-state index in [0.717, 1.165) is 12.1 Å². The van der Waals surface area contributed by atoms with Crippen molar-refractivity contribution >= 4 is 17.7 Å². The van der Waals surface area contributed by atoms with Crippen molar-refractivity contribution in [1.82, 2.24) is 0 Å². The number of hydrogen-bond acceptors (Lipinski definition) is 3. The van der Waals surface area contributed by atoms with Crippen LogP contribution < -0.4 is 0 Å². The largest absolute Gasteiger partial charge is 0.416 e. The lowest BCUT2D eigenvalue weighted by atomic mass is 10.0. The minimum Gasteiger partial charge on any atom is -0.287 e. The third kappa shape index (κ3) is 4.79. The Labute approximate surface area is 159 Å². The number of ketones is 1. The van der Waals surface area contributed by atoms with Gasteiger partial charge in [0.25, 0.3) is 0 Å². The molecular formula is C22H15F3N2O. The highest BCUT2D eigenvalue weighted by Gasteiger charge is 2.29. The van der Waals surface area contributed by atoms with E-state index in [1.165, 1.54) is 18.3 Å². The summed E-state index contributed by atoms with van der Waals surface area (Å²) < 4.78 is 37.9. The Kier molecular flexibility index (Phi) is 5.79. The van der Waals surface area contributed by atoms with Crippen molar-refractivity contribution in [3.05, 3.63) is 107 Å². The van der Waals surface area contributed by atoms with Crippen LogP contribution in [0.5, 0.6) is 0 Å². The average Bonchev–Trinajstić information content (AvgIpc) is 2.72.